The molecule has 0 radical (unpaired) electrons. The van der Waals surface area contributed by atoms with Crippen molar-refractivity contribution >= 4 is 23.4 Å². The number of aromatic nitrogens is 2. The molecule has 1 aliphatic heterocycles. The van der Waals surface area contributed by atoms with Crippen molar-refractivity contribution in [1.82, 2.24) is 19.9 Å². The van der Waals surface area contributed by atoms with Gasteiger partial charge in [-0.1, -0.05) is 28.9 Å². The first-order chi connectivity index (χ1) is 15.8. The minimum Gasteiger partial charge on any atom is -0.339 e. The molecule has 1 aliphatic rings. The summed E-state index contributed by atoms with van der Waals surface area (Å²) in [6.07, 6.45) is 0.423. The van der Waals surface area contributed by atoms with E-state index in [0.717, 1.165) is 6.07 Å². The Morgan fingerprint density at radius 2 is 1.79 bits per heavy atom. The summed E-state index contributed by atoms with van der Waals surface area (Å²) in [5, 5.41) is 3.92. The Hall–Kier alpha value is -3.33. The van der Waals surface area contributed by atoms with Gasteiger partial charge in [0.1, 0.15) is 11.6 Å². The highest BCUT2D eigenvalue weighted by Gasteiger charge is 2.26. The van der Waals surface area contributed by atoms with E-state index in [4.69, 9.17) is 16.1 Å². The van der Waals surface area contributed by atoms with Crippen LogP contribution in [0.3, 0.4) is 0 Å². The lowest BCUT2D eigenvalue weighted by atomic mass is 10.1. The lowest BCUT2D eigenvalue weighted by Gasteiger charge is -2.35. The lowest BCUT2D eigenvalue weighted by molar-refractivity contribution is -0.132. The van der Waals surface area contributed by atoms with E-state index in [9.17, 15) is 18.4 Å². The summed E-state index contributed by atoms with van der Waals surface area (Å²) < 4.78 is 32.2. The molecule has 0 saturated carbocycles. The van der Waals surface area contributed by atoms with E-state index in [-0.39, 0.29) is 46.9 Å². The Labute approximate surface area is 193 Å². The normalized spacial score (nSPS) is 13.9. The average Bonchev–Trinajstić information content (AvgIpc) is 3.28. The van der Waals surface area contributed by atoms with Crippen molar-refractivity contribution in [1.29, 1.82) is 0 Å². The van der Waals surface area contributed by atoms with Crippen molar-refractivity contribution in [2.24, 2.45) is 0 Å². The summed E-state index contributed by atoms with van der Waals surface area (Å²) in [4.78, 5) is 32.7. The number of aryl methyl sites for hydroxylation is 2. The fourth-order valence-electron chi connectivity index (χ4n) is 3.57. The van der Waals surface area contributed by atoms with Gasteiger partial charge in [-0.25, -0.2) is 8.78 Å². The second kappa shape index (κ2) is 9.66. The molecular formula is C23H21ClF2N4O3. The Morgan fingerprint density at radius 1 is 1.06 bits per heavy atom. The summed E-state index contributed by atoms with van der Waals surface area (Å²) in [7, 11) is 0. The summed E-state index contributed by atoms with van der Waals surface area (Å²) in [6, 6.07) is 8.34. The summed E-state index contributed by atoms with van der Waals surface area (Å²) in [5.41, 5.74) is 1.26. The molecule has 7 nitrogen and oxygen atoms in total. The first kappa shape index (κ1) is 22.8. The quantitative estimate of drug-likeness (QED) is 0.560. The van der Waals surface area contributed by atoms with Crippen LogP contribution in [0.15, 0.2) is 40.9 Å². The maximum Gasteiger partial charge on any atom is 0.255 e. The van der Waals surface area contributed by atoms with Crippen LogP contribution in [0.5, 0.6) is 0 Å². The molecule has 2 amide bonds. The van der Waals surface area contributed by atoms with E-state index in [0.29, 0.717) is 43.2 Å². The Bertz CT molecular complexity index is 1190. The smallest absolute Gasteiger partial charge is 0.255 e. The van der Waals surface area contributed by atoms with E-state index in [1.165, 1.54) is 18.2 Å². The highest BCUT2D eigenvalue weighted by atomic mass is 35.5. The van der Waals surface area contributed by atoms with Gasteiger partial charge in [-0.15, -0.1) is 0 Å². The van der Waals surface area contributed by atoms with Crippen LogP contribution >= 0.6 is 11.6 Å². The van der Waals surface area contributed by atoms with Crippen molar-refractivity contribution in [3.05, 3.63) is 70.1 Å². The Balaban J connectivity index is 1.29. The molecule has 2 aromatic carbocycles. The maximum absolute atomic E-state index is 13.8. The van der Waals surface area contributed by atoms with Gasteiger partial charge < -0.3 is 14.3 Å². The molecule has 0 spiro atoms. The Kier molecular flexibility index (Phi) is 6.69. The number of nitrogens with zero attached hydrogens (tertiary/aromatic N) is 4. The van der Waals surface area contributed by atoms with Crippen LogP contribution in [0, 0.1) is 18.6 Å². The van der Waals surface area contributed by atoms with Crippen LogP contribution in [0.4, 0.5) is 8.78 Å². The van der Waals surface area contributed by atoms with Crippen LogP contribution in [-0.4, -0.2) is 57.9 Å². The fraction of sp³-hybridized carbons (Fsp3) is 0.304. The molecule has 4 rings (SSSR count). The first-order valence-electron chi connectivity index (χ1n) is 10.4. The summed E-state index contributed by atoms with van der Waals surface area (Å²) in [5.74, 6) is -0.692. The highest BCUT2D eigenvalue weighted by molar-refractivity contribution is 6.33. The number of halogens is 3. The average molecular weight is 475 g/mol. The molecule has 3 aromatic rings. The number of rotatable bonds is 5. The predicted molar refractivity (Wildman–Crippen MR) is 117 cm³/mol. The minimum absolute atomic E-state index is 0.0609. The van der Waals surface area contributed by atoms with E-state index < -0.39 is 5.82 Å². The molecule has 2 heterocycles. The minimum atomic E-state index is -0.508. The number of amides is 2. The van der Waals surface area contributed by atoms with E-state index in [1.807, 2.05) is 0 Å². The number of hydrogen-bond acceptors (Lipinski definition) is 5. The largest absolute Gasteiger partial charge is 0.339 e. The van der Waals surface area contributed by atoms with Gasteiger partial charge in [0.05, 0.1) is 10.6 Å². The van der Waals surface area contributed by atoms with Crippen LogP contribution in [0.25, 0.3) is 11.4 Å². The predicted octanol–water partition coefficient (Wildman–Crippen LogP) is 3.89. The number of piperazine rings is 1. The molecule has 0 aliphatic carbocycles. The molecule has 10 heteroatoms. The molecule has 172 valence electrons. The van der Waals surface area contributed by atoms with Gasteiger partial charge >= 0.3 is 0 Å². The van der Waals surface area contributed by atoms with Gasteiger partial charge in [-0.05, 0) is 36.8 Å². The first-order valence-corrected chi connectivity index (χ1v) is 10.8. The second-order valence-electron chi connectivity index (χ2n) is 7.77. The van der Waals surface area contributed by atoms with Crippen LogP contribution in [0.1, 0.15) is 28.2 Å². The third-order valence-corrected chi connectivity index (χ3v) is 5.84. The standard InChI is InChI=1S/C23H21ClF2N4O3/c1-14-2-3-15(12-19(14)26)22-27-20(33-28-22)6-7-21(31)29-8-10-30(11-9-29)23(32)17-5-4-16(25)13-18(17)24/h2-5,12-13H,6-11H2,1H3. The number of benzene rings is 2. The van der Waals surface area contributed by atoms with Gasteiger partial charge in [0.25, 0.3) is 5.91 Å². The van der Waals surface area contributed by atoms with Gasteiger partial charge in [-0.2, -0.15) is 4.98 Å². The molecule has 1 aromatic heterocycles. The topological polar surface area (TPSA) is 79.5 Å². The molecule has 1 fully saturated rings. The third kappa shape index (κ3) is 5.19. The number of hydrogen-bond donors (Lipinski definition) is 0. The molecule has 0 bridgehead atoms. The van der Waals surface area contributed by atoms with Crippen molar-refractivity contribution in [2.45, 2.75) is 19.8 Å². The van der Waals surface area contributed by atoms with E-state index in [1.54, 1.807) is 28.9 Å². The van der Waals surface area contributed by atoms with Crippen molar-refractivity contribution in [3.63, 3.8) is 0 Å². The molecular weight excluding hydrogens is 454 g/mol. The van der Waals surface area contributed by atoms with Gasteiger partial charge in [0.2, 0.25) is 17.6 Å². The van der Waals surface area contributed by atoms with Gasteiger partial charge in [-0.3, -0.25) is 9.59 Å². The number of carbonyl (C=O) groups excluding carboxylic acids is 2. The summed E-state index contributed by atoms with van der Waals surface area (Å²) in [6.45, 7) is 3.12. The molecule has 0 N–H and O–H groups in total. The highest BCUT2D eigenvalue weighted by Crippen LogP contribution is 2.21. The monoisotopic (exact) mass is 474 g/mol. The zero-order valence-corrected chi connectivity index (χ0v) is 18.6. The van der Waals surface area contributed by atoms with Gasteiger partial charge in [0, 0.05) is 44.6 Å². The number of carbonyl (C=O) groups is 2. The Morgan fingerprint density at radius 3 is 2.48 bits per heavy atom. The van der Waals surface area contributed by atoms with Crippen molar-refractivity contribution in [2.75, 3.05) is 26.2 Å². The molecule has 0 unspecified atom stereocenters. The summed E-state index contributed by atoms with van der Waals surface area (Å²) >= 11 is 5.99. The third-order valence-electron chi connectivity index (χ3n) is 5.53. The van der Waals surface area contributed by atoms with Crippen LogP contribution in [0.2, 0.25) is 5.02 Å². The fourth-order valence-corrected chi connectivity index (χ4v) is 3.82. The van der Waals surface area contributed by atoms with Crippen LogP contribution in [-0.2, 0) is 11.2 Å². The molecule has 0 atom stereocenters. The van der Waals surface area contributed by atoms with Crippen molar-refractivity contribution in [3.8, 4) is 11.4 Å². The maximum atomic E-state index is 13.8. The molecule has 33 heavy (non-hydrogen) atoms. The van der Waals surface area contributed by atoms with Crippen LogP contribution < -0.4 is 0 Å². The second-order valence-corrected chi connectivity index (χ2v) is 8.18. The van der Waals surface area contributed by atoms with E-state index in [2.05, 4.69) is 10.1 Å². The zero-order valence-electron chi connectivity index (χ0n) is 17.9. The van der Waals surface area contributed by atoms with Gasteiger partial charge in [0.15, 0.2) is 0 Å². The van der Waals surface area contributed by atoms with Crippen molar-refractivity contribution < 1.29 is 22.9 Å². The van der Waals surface area contributed by atoms with E-state index >= 15 is 0 Å². The lowest BCUT2D eigenvalue weighted by Crippen LogP contribution is -2.50. The zero-order chi connectivity index (χ0) is 23.5. The molecule has 1 saturated heterocycles. The SMILES string of the molecule is Cc1ccc(-c2noc(CCC(=O)N3CCN(C(=O)c4ccc(F)cc4Cl)CC3)n2)cc1F.